The second-order valence-electron chi connectivity index (χ2n) is 3.53. The van der Waals surface area contributed by atoms with Gasteiger partial charge in [-0.3, -0.25) is 4.79 Å². The Morgan fingerprint density at radius 3 is 2.43 bits per heavy atom. The maximum Gasteiger partial charge on any atom is 0.352 e. The number of carbonyl (C=O) groups excluding carboxylic acids is 2. The van der Waals surface area contributed by atoms with Gasteiger partial charge in [-0.15, -0.1) is 0 Å². The highest BCUT2D eigenvalue weighted by atomic mass is 79.9. The molecular weight excluding hydrogens is 271 g/mol. The Bertz CT molecular complexity index is 274. The van der Waals surface area contributed by atoms with Crippen molar-refractivity contribution in [1.82, 2.24) is 8.34 Å². The molecule has 1 aliphatic rings. The lowest BCUT2D eigenvalue weighted by molar-refractivity contribution is -0.128. The van der Waals surface area contributed by atoms with E-state index in [1.165, 1.54) is 3.93 Å². The number of halogens is 2. The summed E-state index contributed by atoms with van der Waals surface area (Å²) in [6, 6.07) is -0.518. The molecule has 3 amide bonds. The lowest BCUT2D eigenvalue weighted by Crippen LogP contribution is -2.41. The van der Waals surface area contributed by atoms with Crippen LogP contribution in [0.1, 0.15) is 33.1 Å². The van der Waals surface area contributed by atoms with E-state index in [2.05, 4.69) is 16.1 Å². The van der Waals surface area contributed by atoms with E-state index in [0.29, 0.717) is 10.8 Å². The lowest BCUT2D eigenvalue weighted by atomic mass is 9.95. The monoisotopic (exact) mass is 282 g/mol. The summed E-state index contributed by atoms with van der Waals surface area (Å²) in [4.78, 5) is 23.0. The number of hydrogen-bond donors (Lipinski definition) is 0. The SMILES string of the molecule is CCCCC1(C)C(=O)N(Cl)C(=O)N1Br. The highest BCUT2D eigenvalue weighted by molar-refractivity contribution is 9.07. The maximum atomic E-state index is 11.7. The summed E-state index contributed by atoms with van der Waals surface area (Å²) in [5.41, 5.74) is -0.838. The Morgan fingerprint density at radius 2 is 2.07 bits per heavy atom. The van der Waals surface area contributed by atoms with E-state index in [4.69, 9.17) is 11.8 Å². The number of urea groups is 1. The molecule has 0 N–H and O–H groups in total. The first kappa shape index (κ1) is 11.8. The molecule has 1 aliphatic heterocycles. The highest BCUT2D eigenvalue weighted by Crippen LogP contribution is 2.35. The van der Waals surface area contributed by atoms with Crippen molar-refractivity contribution in [2.75, 3.05) is 0 Å². The van der Waals surface area contributed by atoms with Gasteiger partial charge in [-0.1, -0.05) is 19.8 Å². The number of carbonyl (C=O) groups is 2. The van der Waals surface area contributed by atoms with Gasteiger partial charge in [0.05, 0.1) is 16.1 Å². The summed E-state index contributed by atoms with van der Waals surface area (Å²) < 4.78 is 1.86. The third-order valence-corrected chi connectivity index (χ3v) is 3.81. The Kier molecular flexibility index (Phi) is 3.42. The van der Waals surface area contributed by atoms with E-state index < -0.39 is 11.6 Å². The first-order chi connectivity index (χ1) is 6.45. The van der Waals surface area contributed by atoms with Crippen molar-refractivity contribution in [3.63, 3.8) is 0 Å². The maximum absolute atomic E-state index is 11.7. The quantitative estimate of drug-likeness (QED) is 0.590. The number of nitrogens with zero attached hydrogens (tertiary/aromatic N) is 2. The van der Waals surface area contributed by atoms with Crippen LogP contribution >= 0.6 is 27.9 Å². The molecule has 0 bridgehead atoms. The first-order valence-corrected chi connectivity index (χ1v) is 5.50. The summed E-state index contributed by atoms with van der Waals surface area (Å²) in [7, 11) is 0. The predicted octanol–water partition coefficient (Wildman–Crippen LogP) is 2.66. The molecule has 1 atom stereocenters. The fourth-order valence-corrected chi connectivity index (χ4v) is 2.23. The molecule has 1 unspecified atom stereocenters. The Hall–Kier alpha value is -0.290. The highest BCUT2D eigenvalue weighted by Gasteiger charge is 2.53. The molecule has 1 fully saturated rings. The Morgan fingerprint density at radius 1 is 1.50 bits per heavy atom. The van der Waals surface area contributed by atoms with E-state index >= 15 is 0 Å². The number of unbranched alkanes of at least 4 members (excludes halogenated alkanes) is 1. The molecular formula is C8H12BrClN2O2. The fraction of sp³-hybridized carbons (Fsp3) is 0.750. The van der Waals surface area contributed by atoms with Crippen molar-refractivity contribution >= 4 is 39.9 Å². The van der Waals surface area contributed by atoms with Crippen LogP contribution in [0.5, 0.6) is 0 Å². The second-order valence-corrected chi connectivity index (χ2v) is 4.57. The van der Waals surface area contributed by atoms with E-state index in [0.717, 1.165) is 12.8 Å². The lowest BCUT2D eigenvalue weighted by Gasteiger charge is -2.25. The average molecular weight is 284 g/mol. The normalized spacial score (nSPS) is 27.7. The smallest absolute Gasteiger partial charge is 0.270 e. The summed E-state index contributed by atoms with van der Waals surface area (Å²) in [6.45, 7) is 3.74. The van der Waals surface area contributed by atoms with Crippen LogP contribution in [0.15, 0.2) is 0 Å². The van der Waals surface area contributed by atoms with Gasteiger partial charge in [-0.05, 0) is 13.3 Å². The Balaban J connectivity index is 2.87. The minimum Gasteiger partial charge on any atom is -0.270 e. The summed E-state index contributed by atoms with van der Waals surface area (Å²) in [5, 5.41) is 0. The van der Waals surface area contributed by atoms with Gasteiger partial charge >= 0.3 is 6.03 Å². The molecule has 14 heavy (non-hydrogen) atoms. The second kappa shape index (κ2) is 4.06. The van der Waals surface area contributed by atoms with E-state index in [-0.39, 0.29) is 5.91 Å². The van der Waals surface area contributed by atoms with Gasteiger partial charge in [-0.25, -0.2) is 8.72 Å². The molecule has 80 valence electrons. The van der Waals surface area contributed by atoms with Crippen molar-refractivity contribution in [3.8, 4) is 0 Å². The van der Waals surface area contributed by atoms with E-state index in [1.807, 2.05) is 6.92 Å². The number of rotatable bonds is 3. The van der Waals surface area contributed by atoms with Gasteiger partial charge < -0.3 is 0 Å². The molecule has 4 nitrogen and oxygen atoms in total. The molecule has 1 saturated heterocycles. The van der Waals surface area contributed by atoms with Crippen molar-refractivity contribution < 1.29 is 9.59 Å². The minimum atomic E-state index is -0.838. The van der Waals surface area contributed by atoms with Gasteiger partial charge in [-0.2, -0.15) is 4.42 Å². The zero-order chi connectivity index (χ0) is 10.9. The van der Waals surface area contributed by atoms with Crippen LogP contribution in [0, 0.1) is 0 Å². The van der Waals surface area contributed by atoms with Crippen molar-refractivity contribution in [3.05, 3.63) is 0 Å². The average Bonchev–Trinajstić information content (AvgIpc) is 2.32. The van der Waals surface area contributed by atoms with Crippen LogP contribution < -0.4 is 0 Å². The number of imide groups is 1. The van der Waals surface area contributed by atoms with E-state index in [9.17, 15) is 9.59 Å². The predicted molar refractivity (Wildman–Crippen MR) is 56.8 cm³/mol. The summed E-state index contributed by atoms with van der Waals surface area (Å²) in [5.74, 6) is -0.366. The fourth-order valence-electron chi connectivity index (χ4n) is 1.40. The molecule has 0 aromatic heterocycles. The number of hydrogen-bond acceptors (Lipinski definition) is 2. The zero-order valence-electron chi connectivity index (χ0n) is 8.09. The van der Waals surface area contributed by atoms with Crippen LogP contribution in [0.4, 0.5) is 4.79 Å². The van der Waals surface area contributed by atoms with Gasteiger partial charge in [0.25, 0.3) is 5.91 Å². The van der Waals surface area contributed by atoms with Gasteiger partial charge in [0.1, 0.15) is 5.54 Å². The topological polar surface area (TPSA) is 40.6 Å². The van der Waals surface area contributed by atoms with Crippen LogP contribution in [-0.2, 0) is 4.79 Å². The summed E-state index contributed by atoms with van der Waals surface area (Å²) >= 11 is 8.61. The molecule has 0 aromatic carbocycles. The van der Waals surface area contributed by atoms with Crippen molar-refractivity contribution in [2.24, 2.45) is 0 Å². The van der Waals surface area contributed by atoms with Crippen molar-refractivity contribution in [1.29, 1.82) is 0 Å². The minimum absolute atomic E-state index is 0.366. The largest absolute Gasteiger partial charge is 0.352 e. The molecule has 0 aliphatic carbocycles. The van der Waals surface area contributed by atoms with Crippen LogP contribution in [0.2, 0.25) is 0 Å². The first-order valence-electron chi connectivity index (χ1n) is 4.45. The molecule has 0 saturated carbocycles. The molecule has 1 rings (SSSR count). The van der Waals surface area contributed by atoms with Crippen LogP contribution in [0.25, 0.3) is 0 Å². The van der Waals surface area contributed by atoms with E-state index in [1.54, 1.807) is 6.92 Å². The third-order valence-electron chi connectivity index (χ3n) is 2.43. The van der Waals surface area contributed by atoms with Crippen molar-refractivity contribution in [2.45, 2.75) is 38.6 Å². The molecule has 0 radical (unpaired) electrons. The molecule has 1 heterocycles. The van der Waals surface area contributed by atoms with Crippen LogP contribution in [-0.4, -0.2) is 25.8 Å². The number of amides is 3. The standard InChI is InChI=1S/C8H12BrClN2O2/c1-3-4-5-8(2)6(13)11(10)7(14)12(8)9/h3-5H2,1-2H3. The molecule has 0 spiro atoms. The molecule has 0 aromatic rings. The third kappa shape index (κ3) is 1.63. The summed E-state index contributed by atoms with van der Waals surface area (Å²) in [6.07, 6.45) is 2.46. The Labute approximate surface area is 96.6 Å². The van der Waals surface area contributed by atoms with Gasteiger partial charge in [0.15, 0.2) is 0 Å². The zero-order valence-corrected chi connectivity index (χ0v) is 10.4. The van der Waals surface area contributed by atoms with Gasteiger partial charge in [0, 0.05) is 11.8 Å². The molecule has 6 heteroatoms. The van der Waals surface area contributed by atoms with Crippen LogP contribution in [0.3, 0.4) is 0 Å². The van der Waals surface area contributed by atoms with Gasteiger partial charge in [0.2, 0.25) is 0 Å².